The van der Waals surface area contributed by atoms with Crippen LogP contribution in [-0.2, 0) is 69.1 Å². The van der Waals surface area contributed by atoms with E-state index in [2.05, 4.69) is 6.58 Å². The van der Waals surface area contributed by atoms with Gasteiger partial charge in [0, 0.05) is 7.11 Å². The second-order valence-corrected chi connectivity index (χ2v) is 13.0. The number of hydrogen-bond donors (Lipinski definition) is 0. The molecule has 0 N–H and O–H groups in total. The molecule has 0 amide bonds. The summed E-state index contributed by atoms with van der Waals surface area (Å²) < 4.78 is 58.4. The summed E-state index contributed by atoms with van der Waals surface area (Å²) in [5.74, 6) is 0. The van der Waals surface area contributed by atoms with Gasteiger partial charge in [-0.1, -0.05) is 127 Å². The first-order chi connectivity index (χ1) is 25.6. The van der Waals surface area contributed by atoms with Gasteiger partial charge in [0.1, 0.15) is 36.6 Å². The van der Waals surface area contributed by atoms with Gasteiger partial charge in [-0.05, 0) is 29.2 Å². The van der Waals surface area contributed by atoms with E-state index in [9.17, 15) is 0 Å². The van der Waals surface area contributed by atoms with Gasteiger partial charge in [0.25, 0.3) is 0 Å². The fourth-order valence-electron chi connectivity index (χ4n) is 6.54. The molecule has 2 fully saturated rings. The molecule has 9 heteroatoms. The van der Waals surface area contributed by atoms with Gasteiger partial charge in [0.2, 0.25) is 0 Å². The Hall–Kier alpha value is -3.74. The second kappa shape index (κ2) is 19.9. The quantitative estimate of drug-likeness (QED) is 0.0953. The van der Waals surface area contributed by atoms with Gasteiger partial charge in [-0.25, -0.2) is 0 Å². The van der Waals surface area contributed by atoms with Gasteiger partial charge < -0.3 is 42.6 Å². The molecule has 52 heavy (non-hydrogen) atoms. The summed E-state index contributed by atoms with van der Waals surface area (Å²) >= 11 is 0. The predicted molar refractivity (Wildman–Crippen MR) is 196 cm³/mol. The molecule has 0 spiro atoms. The van der Waals surface area contributed by atoms with Gasteiger partial charge in [-0.2, -0.15) is 0 Å². The van der Waals surface area contributed by atoms with Crippen LogP contribution in [0.4, 0.5) is 0 Å². The van der Waals surface area contributed by atoms with E-state index >= 15 is 0 Å². The molecule has 276 valence electrons. The van der Waals surface area contributed by atoms with Crippen LogP contribution >= 0.6 is 0 Å². The molecule has 9 atom stereocenters. The number of hydrogen-bond acceptors (Lipinski definition) is 9. The van der Waals surface area contributed by atoms with Crippen molar-refractivity contribution in [2.75, 3.05) is 20.3 Å². The van der Waals surface area contributed by atoms with Crippen LogP contribution in [0.1, 0.15) is 29.2 Å². The maximum atomic E-state index is 7.02. The molecule has 2 aliphatic heterocycles. The van der Waals surface area contributed by atoms with Crippen LogP contribution in [0.2, 0.25) is 0 Å². The van der Waals surface area contributed by atoms with Crippen LogP contribution < -0.4 is 0 Å². The standard InChI is InChI=1S/C43H50O9/c1-4-25-46-40-38(48-28-34-21-13-7-14-22-34)36(30-45-26-32-17-9-5-10-18-32)51-43(40)52-39-37(47-27-33-19-11-6-12-20-33)31(2)50-42(44-3)41(39)49-29-35-23-15-8-16-24-35/h4-24,31,36-43H,1,25-30H2,2-3H3/t31-,36+,37-,38+,39+,40+,41+,42+,43+/m0/s1. The Morgan fingerprint density at radius 3 is 1.50 bits per heavy atom. The van der Waals surface area contributed by atoms with Crippen molar-refractivity contribution in [3.63, 3.8) is 0 Å². The molecule has 9 nitrogen and oxygen atoms in total. The molecular formula is C43H50O9. The van der Waals surface area contributed by atoms with Crippen molar-refractivity contribution in [2.45, 2.75) is 88.7 Å². The normalized spacial score (nSPS) is 27.4. The Kier molecular flexibility index (Phi) is 14.6. The highest BCUT2D eigenvalue weighted by atomic mass is 16.8. The Balaban J connectivity index is 1.28. The maximum Gasteiger partial charge on any atom is 0.187 e. The highest BCUT2D eigenvalue weighted by Crippen LogP contribution is 2.35. The average Bonchev–Trinajstić information content (AvgIpc) is 3.51. The van der Waals surface area contributed by atoms with Crippen molar-refractivity contribution in [1.82, 2.24) is 0 Å². The van der Waals surface area contributed by atoms with E-state index in [4.69, 9.17) is 42.6 Å². The topological polar surface area (TPSA) is 83.1 Å². The van der Waals surface area contributed by atoms with Crippen molar-refractivity contribution < 1.29 is 42.6 Å². The van der Waals surface area contributed by atoms with Crippen molar-refractivity contribution in [3.05, 3.63) is 156 Å². The first-order valence-corrected chi connectivity index (χ1v) is 17.9. The predicted octanol–water partition coefficient (Wildman–Crippen LogP) is 7.03. The zero-order valence-electron chi connectivity index (χ0n) is 29.9. The molecule has 4 aromatic carbocycles. The summed E-state index contributed by atoms with van der Waals surface area (Å²) in [5.41, 5.74) is 4.13. The summed E-state index contributed by atoms with van der Waals surface area (Å²) in [6.45, 7) is 7.83. The largest absolute Gasteiger partial charge is 0.374 e. The molecule has 6 rings (SSSR count). The van der Waals surface area contributed by atoms with E-state index in [0.717, 1.165) is 22.3 Å². The van der Waals surface area contributed by atoms with Crippen molar-refractivity contribution in [2.24, 2.45) is 0 Å². The van der Waals surface area contributed by atoms with Crippen LogP contribution in [0.15, 0.2) is 134 Å². The lowest BCUT2D eigenvalue weighted by Gasteiger charge is -2.45. The zero-order chi connectivity index (χ0) is 36.0. The molecule has 0 aromatic heterocycles. The fourth-order valence-corrected chi connectivity index (χ4v) is 6.54. The molecule has 2 aliphatic rings. The molecule has 2 saturated heterocycles. The van der Waals surface area contributed by atoms with E-state index in [1.165, 1.54) is 0 Å². The molecule has 2 heterocycles. The fraction of sp³-hybridized carbons (Fsp3) is 0.395. The van der Waals surface area contributed by atoms with E-state index in [1.807, 2.05) is 128 Å². The summed E-state index contributed by atoms with van der Waals surface area (Å²) in [6, 6.07) is 40.0. The first kappa shape index (κ1) is 38.0. The Bertz CT molecular complexity index is 1580. The molecule has 0 bridgehead atoms. The van der Waals surface area contributed by atoms with Crippen molar-refractivity contribution in [3.8, 4) is 0 Å². The van der Waals surface area contributed by atoms with Crippen molar-refractivity contribution in [1.29, 1.82) is 0 Å². The van der Waals surface area contributed by atoms with Crippen LogP contribution in [0.25, 0.3) is 0 Å². The minimum Gasteiger partial charge on any atom is -0.374 e. The van der Waals surface area contributed by atoms with Crippen LogP contribution in [0.3, 0.4) is 0 Å². The van der Waals surface area contributed by atoms with Gasteiger partial charge in [0.05, 0.1) is 45.7 Å². The number of ether oxygens (including phenoxy) is 9. The average molecular weight is 711 g/mol. The maximum absolute atomic E-state index is 7.02. The van der Waals surface area contributed by atoms with E-state index in [-0.39, 0.29) is 13.2 Å². The molecule has 0 radical (unpaired) electrons. The summed E-state index contributed by atoms with van der Waals surface area (Å²) in [5, 5.41) is 0. The van der Waals surface area contributed by atoms with E-state index < -0.39 is 55.3 Å². The number of benzene rings is 4. The van der Waals surface area contributed by atoms with Crippen LogP contribution in [0.5, 0.6) is 0 Å². The zero-order valence-corrected chi connectivity index (χ0v) is 29.9. The number of methoxy groups -OCH3 is 1. The van der Waals surface area contributed by atoms with Crippen molar-refractivity contribution >= 4 is 0 Å². The SMILES string of the molecule is C=CCO[C@H]1[C@@H](O[C@@H]2[C@@H](OCc3ccccc3)[C@H](C)O[C@@H](OC)[C@@H]2OCc2ccccc2)O[C@H](COCc2ccccc2)[C@H]1OCc1ccccc1. The highest BCUT2D eigenvalue weighted by Gasteiger charge is 2.53. The van der Waals surface area contributed by atoms with Gasteiger partial charge in [-0.3, -0.25) is 0 Å². The molecule has 0 unspecified atom stereocenters. The lowest BCUT2D eigenvalue weighted by Crippen LogP contribution is -2.61. The first-order valence-electron chi connectivity index (χ1n) is 17.9. The monoisotopic (exact) mass is 710 g/mol. The minimum atomic E-state index is -0.871. The molecule has 0 aliphatic carbocycles. The van der Waals surface area contributed by atoms with Gasteiger partial charge in [0.15, 0.2) is 12.6 Å². The molecular weight excluding hydrogens is 660 g/mol. The third kappa shape index (κ3) is 10.4. The smallest absolute Gasteiger partial charge is 0.187 e. The van der Waals surface area contributed by atoms with E-state index in [0.29, 0.717) is 26.4 Å². The summed E-state index contributed by atoms with van der Waals surface area (Å²) in [7, 11) is 1.61. The Morgan fingerprint density at radius 2 is 1.00 bits per heavy atom. The van der Waals surface area contributed by atoms with Gasteiger partial charge in [-0.15, -0.1) is 6.58 Å². The third-order valence-electron chi connectivity index (χ3n) is 9.17. The molecule has 0 saturated carbocycles. The molecule has 4 aromatic rings. The summed E-state index contributed by atoms with van der Waals surface area (Å²) in [6.07, 6.45) is -3.86. The number of rotatable bonds is 19. The summed E-state index contributed by atoms with van der Waals surface area (Å²) in [4.78, 5) is 0. The second-order valence-electron chi connectivity index (χ2n) is 13.0. The Morgan fingerprint density at radius 1 is 0.538 bits per heavy atom. The van der Waals surface area contributed by atoms with E-state index in [1.54, 1.807) is 13.2 Å². The third-order valence-corrected chi connectivity index (χ3v) is 9.17. The lowest BCUT2D eigenvalue weighted by atomic mass is 9.98. The van der Waals surface area contributed by atoms with Crippen LogP contribution in [-0.4, -0.2) is 75.6 Å². The highest BCUT2D eigenvalue weighted by molar-refractivity contribution is 5.16. The minimum absolute atomic E-state index is 0.259. The Labute approximate surface area is 307 Å². The van der Waals surface area contributed by atoms with Crippen LogP contribution in [0, 0.1) is 0 Å². The lowest BCUT2D eigenvalue weighted by molar-refractivity contribution is -0.337. The van der Waals surface area contributed by atoms with Gasteiger partial charge >= 0.3 is 0 Å².